The third kappa shape index (κ3) is 3.05. The van der Waals surface area contributed by atoms with Crippen LogP contribution in [0, 0.1) is 5.92 Å². The highest BCUT2D eigenvalue weighted by molar-refractivity contribution is 5.77. The van der Waals surface area contributed by atoms with Crippen molar-refractivity contribution in [1.29, 1.82) is 0 Å². The third-order valence-corrected chi connectivity index (χ3v) is 7.19. The normalized spacial score (nSPS) is 26.2. The fourth-order valence-corrected chi connectivity index (χ4v) is 5.71. The second-order valence-electron chi connectivity index (χ2n) is 9.23. The van der Waals surface area contributed by atoms with Gasteiger partial charge in [0.1, 0.15) is 0 Å². The Bertz CT molecular complexity index is 1080. The molecule has 0 N–H and O–H groups in total. The summed E-state index contributed by atoms with van der Waals surface area (Å²) in [5.41, 5.74) is 5.88. The zero-order valence-electron chi connectivity index (χ0n) is 17.5. The predicted octanol–water partition coefficient (Wildman–Crippen LogP) is 3.92. The summed E-state index contributed by atoms with van der Waals surface area (Å²) in [6.45, 7) is 5.42. The van der Waals surface area contributed by atoms with Gasteiger partial charge in [-0.3, -0.25) is 14.9 Å². The van der Waals surface area contributed by atoms with Crippen molar-refractivity contribution >= 4 is 17.0 Å². The Morgan fingerprint density at radius 2 is 2.00 bits per heavy atom. The average molecular weight is 401 g/mol. The molecule has 2 fully saturated rings. The van der Waals surface area contributed by atoms with Gasteiger partial charge in [0, 0.05) is 62.3 Å². The zero-order valence-corrected chi connectivity index (χ0v) is 17.5. The first kappa shape index (κ1) is 18.2. The molecule has 3 aliphatic rings. The second-order valence-corrected chi connectivity index (χ2v) is 9.23. The first-order valence-electron chi connectivity index (χ1n) is 11.3. The minimum atomic E-state index is 0.417. The maximum absolute atomic E-state index is 5.07. The van der Waals surface area contributed by atoms with Crippen molar-refractivity contribution in [2.45, 2.75) is 57.7 Å². The maximum Gasteiger partial charge on any atom is 0.225 e. The van der Waals surface area contributed by atoms with Crippen molar-refractivity contribution in [2.75, 3.05) is 18.0 Å². The largest absolute Gasteiger partial charge is 0.341 e. The maximum atomic E-state index is 5.07. The molecule has 5 heterocycles. The van der Waals surface area contributed by atoms with Crippen LogP contribution in [0.1, 0.15) is 55.5 Å². The van der Waals surface area contributed by atoms with Gasteiger partial charge in [-0.05, 0) is 43.2 Å². The molecule has 0 aliphatic carbocycles. The lowest BCUT2D eigenvalue weighted by atomic mass is 9.98. The first-order valence-corrected chi connectivity index (χ1v) is 11.3. The molecule has 3 aromatic rings. The Labute approximate surface area is 177 Å². The van der Waals surface area contributed by atoms with E-state index in [0.29, 0.717) is 12.1 Å². The van der Waals surface area contributed by atoms with Crippen molar-refractivity contribution in [3.8, 4) is 0 Å². The van der Waals surface area contributed by atoms with Crippen LogP contribution in [0.5, 0.6) is 0 Å². The van der Waals surface area contributed by atoms with E-state index in [4.69, 9.17) is 9.97 Å². The number of hydrogen-bond donors (Lipinski definition) is 0. The summed E-state index contributed by atoms with van der Waals surface area (Å²) >= 11 is 0. The lowest BCUT2D eigenvalue weighted by Crippen LogP contribution is -2.39. The quantitative estimate of drug-likeness (QED) is 0.664. The van der Waals surface area contributed by atoms with E-state index >= 15 is 0 Å². The molecule has 6 nitrogen and oxygen atoms in total. The summed E-state index contributed by atoms with van der Waals surface area (Å²) in [4.78, 5) is 24.0. The van der Waals surface area contributed by atoms with Crippen molar-refractivity contribution in [3.05, 3.63) is 53.6 Å². The lowest BCUT2D eigenvalue weighted by Gasteiger charge is -2.37. The minimum absolute atomic E-state index is 0.417. The van der Waals surface area contributed by atoms with Gasteiger partial charge >= 0.3 is 0 Å². The molecule has 3 unspecified atom stereocenters. The number of para-hydroxylation sites is 1. The van der Waals surface area contributed by atoms with Gasteiger partial charge in [-0.15, -0.1) is 0 Å². The minimum Gasteiger partial charge on any atom is -0.341 e. The van der Waals surface area contributed by atoms with Crippen LogP contribution in [0.15, 0.2) is 36.8 Å². The Morgan fingerprint density at radius 1 is 1.07 bits per heavy atom. The van der Waals surface area contributed by atoms with Gasteiger partial charge in [-0.2, -0.15) is 0 Å². The highest BCUT2D eigenvalue weighted by Gasteiger charge is 2.41. The molecule has 3 atom stereocenters. The van der Waals surface area contributed by atoms with Gasteiger partial charge in [0.15, 0.2) is 0 Å². The molecule has 3 aliphatic heterocycles. The number of benzene rings is 1. The van der Waals surface area contributed by atoms with Crippen LogP contribution in [0.2, 0.25) is 0 Å². The van der Waals surface area contributed by atoms with Gasteiger partial charge in [0.05, 0.1) is 16.7 Å². The summed E-state index contributed by atoms with van der Waals surface area (Å²) in [5.74, 6) is 1.67. The Hall–Kier alpha value is -2.60. The molecule has 2 saturated heterocycles. The standard InChI is InChI=1S/C24H28N6/c1-16-4-3-11-29(14-16)24-27-13-19-21(28-24)12-18-7-8-22(19)30(18)15-17-5-2-6-20-23(17)26-10-9-25-20/h2,5-6,9-10,13,16,18,22H,3-4,7-8,11-12,14-15H2,1H3. The first-order chi connectivity index (χ1) is 14.8. The van der Waals surface area contributed by atoms with Crippen molar-refractivity contribution in [2.24, 2.45) is 5.92 Å². The lowest BCUT2D eigenvalue weighted by molar-refractivity contribution is 0.166. The predicted molar refractivity (Wildman–Crippen MR) is 117 cm³/mol. The molecule has 6 heteroatoms. The van der Waals surface area contributed by atoms with Gasteiger partial charge in [0.25, 0.3) is 0 Å². The number of rotatable bonds is 3. The van der Waals surface area contributed by atoms with Crippen molar-refractivity contribution < 1.29 is 0 Å². The van der Waals surface area contributed by atoms with Crippen LogP contribution in [0.3, 0.4) is 0 Å². The molecule has 2 bridgehead atoms. The molecule has 0 spiro atoms. The summed E-state index contributed by atoms with van der Waals surface area (Å²) in [6, 6.07) is 7.31. The Balaban J connectivity index is 1.29. The highest BCUT2D eigenvalue weighted by atomic mass is 15.3. The van der Waals surface area contributed by atoms with Crippen LogP contribution >= 0.6 is 0 Å². The van der Waals surface area contributed by atoms with Crippen LogP contribution in [-0.4, -0.2) is 44.0 Å². The fraction of sp³-hybridized carbons (Fsp3) is 0.500. The molecule has 2 aromatic heterocycles. The molecule has 0 saturated carbocycles. The fourth-order valence-electron chi connectivity index (χ4n) is 5.71. The number of anilines is 1. The molecule has 1 aromatic carbocycles. The SMILES string of the molecule is CC1CCCN(c2ncc3c(n2)CC2CCC3N2Cc2cccc3nccnc23)C1. The van der Waals surface area contributed by atoms with Gasteiger partial charge in [-0.25, -0.2) is 9.97 Å². The van der Waals surface area contributed by atoms with E-state index < -0.39 is 0 Å². The van der Waals surface area contributed by atoms with Gasteiger partial charge in [-0.1, -0.05) is 19.1 Å². The number of aromatic nitrogens is 4. The Kier molecular flexibility index (Phi) is 4.41. The molecule has 6 rings (SSSR count). The van der Waals surface area contributed by atoms with E-state index in [1.54, 1.807) is 12.4 Å². The Morgan fingerprint density at radius 3 is 2.93 bits per heavy atom. The highest BCUT2D eigenvalue weighted by Crippen LogP contribution is 2.44. The van der Waals surface area contributed by atoms with E-state index in [1.807, 2.05) is 6.07 Å². The van der Waals surface area contributed by atoms with E-state index in [2.05, 4.69) is 45.0 Å². The summed E-state index contributed by atoms with van der Waals surface area (Å²) in [7, 11) is 0. The summed E-state index contributed by atoms with van der Waals surface area (Å²) in [6.07, 6.45) is 11.7. The van der Waals surface area contributed by atoms with E-state index in [9.17, 15) is 0 Å². The molecule has 154 valence electrons. The second kappa shape index (κ2) is 7.27. The van der Waals surface area contributed by atoms with Gasteiger partial charge < -0.3 is 4.90 Å². The zero-order chi connectivity index (χ0) is 20.1. The van der Waals surface area contributed by atoms with E-state index in [1.165, 1.54) is 42.5 Å². The van der Waals surface area contributed by atoms with Crippen LogP contribution in [0.25, 0.3) is 11.0 Å². The monoisotopic (exact) mass is 400 g/mol. The molecule has 0 radical (unpaired) electrons. The molecular formula is C24H28N6. The average Bonchev–Trinajstić information content (AvgIpc) is 3.05. The number of fused-ring (bicyclic) bond motifs is 5. The molecular weight excluding hydrogens is 372 g/mol. The number of hydrogen-bond acceptors (Lipinski definition) is 6. The van der Waals surface area contributed by atoms with Crippen LogP contribution in [-0.2, 0) is 13.0 Å². The van der Waals surface area contributed by atoms with Gasteiger partial charge in [0.2, 0.25) is 5.95 Å². The third-order valence-electron chi connectivity index (χ3n) is 7.19. The van der Waals surface area contributed by atoms with Crippen LogP contribution in [0.4, 0.5) is 5.95 Å². The summed E-state index contributed by atoms with van der Waals surface area (Å²) in [5, 5.41) is 0. The molecule has 0 amide bonds. The number of nitrogens with zero attached hydrogens (tertiary/aromatic N) is 6. The smallest absolute Gasteiger partial charge is 0.225 e. The van der Waals surface area contributed by atoms with Crippen molar-refractivity contribution in [3.63, 3.8) is 0 Å². The van der Waals surface area contributed by atoms with E-state index in [-0.39, 0.29) is 0 Å². The molecule has 30 heavy (non-hydrogen) atoms. The van der Waals surface area contributed by atoms with Crippen molar-refractivity contribution in [1.82, 2.24) is 24.8 Å². The topological polar surface area (TPSA) is 58.0 Å². The van der Waals surface area contributed by atoms with E-state index in [0.717, 1.165) is 49.0 Å². The number of piperidine rings is 1. The summed E-state index contributed by atoms with van der Waals surface area (Å²) < 4.78 is 0. The van der Waals surface area contributed by atoms with Crippen LogP contribution < -0.4 is 4.90 Å².